The van der Waals surface area contributed by atoms with Crippen LogP contribution >= 0.6 is 11.3 Å². The molecule has 0 amide bonds. The predicted octanol–water partition coefficient (Wildman–Crippen LogP) is 5.34. The number of halogens is 1. The maximum absolute atomic E-state index is 14.3. The van der Waals surface area contributed by atoms with Crippen LogP contribution in [0.3, 0.4) is 0 Å². The number of aliphatic hydroxyl groups is 1. The average molecular weight is 545 g/mol. The van der Waals surface area contributed by atoms with Gasteiger partial charge in [0.1, 0.15) is 5.82 Å². The molecule has 10 heteroatoms. The first kappa shape index (κ1) is 25.4. The van der Waals surface area contributed by atoms with E-state index in [2.05, 4.69) is 20.4 Å². The minimum absolute atomic E-state index is 0.225. The predicted molar refractivity (Wildman–Crippen MR) is 154 cm³/mol. The van der Waals surface area contributed by atoms with E-state index in [9.17, 15) is 9.50 Å². The SMILES string of the molecule is CC(C)(O)c1cc2nc(N/N=C/c3cn(Cc4ccccc4F)c4ccccc34)nc(N3CCOCC3)c2s1. The van der Waals surface area contributed by atoms with E-state index in [0.717, 1.165) is 50.5 Å². The van der Waals surface area contributed by atoms with Crippen LogP contribution in [0.1, 0.15) is 29.9 Å². The second kappa shape index (κ2) is 10.4. The zero-order valence-electron chi connectivity index (χ0n) is 21.8. The second-order valence-corrected chi connectivity index (χ2v) is 11.1. The van der Waals surface area contributed by atoms with E-state index in [0.29, 0.717) is 31.3 Å². The Kier molecular flexibility index (Phi) is 6.76. The number of hydrogen-bond acceptors (Lipinski definition) is 8. The third-order valence-corrected chi connectivity index (χ3v) is 8.19. The maximum atomic E-state index is 14.3. The number of morpholine rings is 1. The number of thiophene rings is 1. The number of nitrogens with zero attached hydrogens (tertiary/aromatic N) is 5. The summed E-state index contributed by atoms with van der Waals surface area (Å²) in [6.45, 7) is 6.68. The fraction of sp³-hybridized carbons (Fsp3) is 0.276. The van der Waals surface area contributed by atoms with Gasteiger partial charge in [0.15, 0.2) is 5.82 Å². The summed E-state index contributed by atoms with van der Waals surface area (Å²) in [4.78, 5) is 12.5. The number of anilines is 2. The summed E-state index contributed by atoms with van der Waals surface area (Å²) in [7, 11) is 0. The highest BCUT2D eigenvalue weighted by atomic mass is 32.1. The zero-order valence-corrected chi connectivity index (χ0v) is 22.6. The maximum Gasteiger partial charge on any atom is 0.246 e. The normalized spacial score (nSPS) is 14.6. The number of hydrazone groups is 1. The van der Waals surface area contributed by atoms with Crippen molar-refractivity contribution in [2.75, 3.05) is 36.6 Å². The molecule has 1 aliphatic heterocycles. The number of ether oxygens (including phenoxy) is 1. The average Bonchev–Trinajstić information content (AvgIpc) is 3.52. The van der Waals surface area contributed by atoms with E-state index in [1.165, 1.54) is 17.4 Å². The number of rotatable bonds is 7. The largest absolute Gasteiger partial charge is 0.385 e. The Morgan fingerprint density at radius 3 is 2.69 bits per heavy atom. The summed E-state index contributed by atoms with van der Waals surface area (Å²) >= 11 is 1.51. The molecular formula is C29H29FN6O2S. The lowest BCUT2D eigenvalue weighted by Gasteiger charge is -2.28. The smallest absolute Gasteiger partial charge is 0.246 e. The fourth-order valence-corrected chi connectivity index (χ4v) is 5.85. The van der Waals surface area contributed by atoms with Gasteiger partial charge >= 0.3 is 0 Å². The van der Waals surface area contributed by atoms with Crippen LogP contribution in [-0.4, -0.2) is 52.2 Å². The van der Waals surface area contributed by atoms with E-state index in [-0.39, 0.29) is 5.82 Å². The molecule has 0 saturated carbocycles. The molecular weight excluding hydrogens is 515 g/mol. The standard InChI is InChI=1S/C29H29FN6O2S/c1-29(2,37)25-15-23-26(39-25)27(35-11-13-38-14-12-35)33-28(32-23)34-31-16-20-18-36(24-10-6-4-8-21(20)24)17-19-7-3-5-9-22(19)30/h3-10,15-16,18,37H,11-14,17H2,1-2H3,(H,32,33,34)/b31-16+. The minimum Gasteiger partial charge on any atom is -0.385 e. The van der Waals surface area contributed by atoms with E-state index in [4.69, 9.17) is 9.72 Å². The highest BCUT2D eigenvalue weighted by Gasteiger charge is 2.24. The topological polar surface area (TPSA) is 87.8 Å². The van der Waals surface area contributed by atoms with Crippen molar-refractivity contribution in [3.05, 3.63) is 82.6 Å². The van der Waals surface area contributed by atoms with E-state index in [1.54, 1.807) is 32.2 Å². The molecule has 4 heterocycles. The molecule has 1 fully saturated rings. The molecule has 2 N–H and O–H groups in total. The Bertz CT molecular complexity index is 1670. The highest BCUT2D eigenvalue weighted by Crippen LogP contribution is 2.37. The fourth-order valence-electron chi connectivity index (χ4n) is 4.73. The molecule has 0 bridgehead atoms. The van der Waals surface area contributed by atoms with Gasteiger partial charge in [0, 0.05) is 46.2 Å². The number of hydrogen-bond donors (Lipinski definition) is 2. The first-order chi connectivity index (χ1) is 18.9. The Labute approximate surface area is 229 Å². The van der Waals surface area contributed by atoms with Gasteiger partial charge in [0.05, 0.1) is 41.8 Å². The molecule has 0 unspecified atom stereocenters. The quantitative estimate of drug-likeness (QED) is 0.212. The molecule has 0 atom stereocenters. The molecule has 2 aromatic carbocycles. The van der Waals surface area contributed by atoms with Crippen LogP contribution in [-0.2, 0) is 16.9 Å². The van der Waals surface area contributed by atoms with Crippen molar-refractivity contribution in [3.63, 3.8) is 0 Å². The lowest BCUT2D eigenvalue weighted by molar-refractivity contribution is 0.0826. The molecule has 6 rings (SSSR count). The van der Waals surface area contributed by atoms with Gasteiger partial charge in [-0.15, -0.1) is 11.3 Å². The summed E-state index contributed by atoms with van der Waals surface area (Å²) < 4.78 is 22.8. The van der Waals surface area contributed by atoms with Crippen LogP contribution in [0.25, 0.3) is 21.1 Å². The second-order valence-electron chi connectivity index (χ2n) is 10.0. The van der Waals surface area contributed by atoms with Crippen molar-refractivity contribution in [3.8, 4) is 0 Å². The molecule has 5 aromatic rings. The van der Waals surface area contributed by atoms with Crippen LogP contribution in [0, 0.1) is 5.82 Å². The molecule has 0 radical (unpaired) electrons. The van der Waals surface area contributed by atoms with Gasteiger partial charge in [-0.2, -0.15) is 10.1 Å². The lowest BCUT2D eigenvalue weighted by atomic mass is 10.1. The van der Waals surface area contributed by atoms with Gasteiger partial charge < -0.3 is 19.3 Å². The van der Waals surface area contributed by atoms with Crippen LogP contribution in [0.4, 0.5) is 16.2 Å². The molecule has 1 aliphatic rings. The van der Waals surface area contributed by atoms with E-state index >= 15 is 0 Å². The van der Waals surface area contributed by atoms with E-state index in [1.807, 2.05) is 47.2 Å². The number of benzene rings is 2. The molecule has 3 aromatic heterocycles. The van der Waals surface area contributed by atoms with Crippen molar-refractivity contribution in [1.29, 1.82) is 0 Å². The van der Waals surface area contributed by atoms with Crippen molar-refractivity contribution >= 4 is 50.4 Å². The molecule has 1 saturated heterocycles. The van der Waals surface area contributed by atoms with Gasteiger partial charge in [-0.1, -0.05) is 36.4 Å². The van der Waals surface area contributed by atoms with Crippen LogP contribution < -0.4 is 10.3 Å². The summed E-state index contributed by atoms with van der Waals surface area (Å²) in [6.07, 6.45) is 3.71. The number of para-hydroxylation sites is 1. The van der Waals surface area contributed by atoms with Crippen molar-refractivity contribution < 1.29 is 14.2 Å². The van der Waals surface area contributed by atoms with E-state index < -0.39 is 5.60 Å². The van der Waals surface area contributed by atoms with Gasteiger partial charge in [0.25, 0.3) is 0 Å². The van der Waals surface area contributed by atoms with Gasteiger partial charge in [-0.25, -0.2) is 14.8 Å². The summed E-state index contributed by atoms with van der Waals surface area (Å²) in [5, 5.41) is 16.1. The van der Waals surface area contributed by atoms with Gasteiger partial charge in [-0.05, 0) is 32.0 Å². The zero-order chi connectivity index (χ0) is 27.0. The number of fused-ring (bicyclic) bond motifs is 2. The highest BCUT2D eigenvalue weighted by molar-refractivity contribution is 7.19. The van der Waals surface area contributed by atoms with Crippen molar-refractivity contribution in [2.24, 2.45) is 5.10 Å². The van der Waals surface area contributed by atoms with Gasteiger partial charge in [-0.3, -0.25) is 0 Å². The Morgan fingerprint density at radius 1 is 1.13 bits per heavy atom. The summed E-state index contributed by atoms with van der Waals surface area (Å²) in [5.41, 5.74) is 5.30. The third kappa shape index (κ3) is 5.23. The van der Waals surface area contributed by atoms with Crippen molar-refractivity contribution in [1.82, 2.24) is 14.5 Å². The molecule has 0 aliphatic carbocycles. The lowest BCUT2D eigenvalue weighted by Crippen LogP contribution is -2.36. The Hall–Kier alpha value is -3.86. The molecule has 8 nitrogen and oxygen atoms in total. The summed E-state index contributed by atoms with van der Waals surface area (Å²) in [5.74, 6) is 0.954. The third-order valence-electron chi connectivity index (χ3n) is 6.75. The van der Waals surface area contributed by atoms with Crippen molar-refractivity contribution in [2.45, 2.75) is 26.0 Å². The number of nitrogens with one attached hydrogen (secondary N) is 1. The first-order valence-electron chi connectivity index (χ1n) is 12.8. The van der Waals surface area contributed by atoms with Crippen LogP contribution in [0.15, 0.2) is 65.9 Å². The van der Waals surface area contributed by atoms with Crippen LogP contribution in [0.2, 0.25) is 0 Å². The monoisotopic (exact) mass is 544 g/mol. The first-order valence-corrected chi connectivity index (χ1v) is 13.7. The van der Waals surface area contributed by atoms with Crippen LogP contribution in [0.5, 0.6) is 0 Å². The molecule has 200 valence electrons. The van der Waals surface area contributed by atoms with Gasteiger partial charge in [0.2, 0.25) is 5.95 Å². The molecule has 0 spiro atoms. The number of aromatic nitrogens is 3. The minimum atomic E-state index is -0.976. The molecule has 39 heavy (non-hydrogen) atoms. The Morgan fingerprint density at radius 2 is 1.90 bits per heavy atom. The Balaban J connectivity index is 1.32. The summed E-state index contributed by atoms with van der Waals surface area (Å²) in [6, 6.07) is 16.7.